The molecule has 1 saturated heterocycles. The molecule has 0 atom stereocenters. The van der Waals surface area contributed by atoms with Crippen molar-refractivity contribution in [2.45, 2.75) is 78.2 Å². The molecule has 2 aliphatic rings. The van der Waals surface area contributed by atoms with Gasteiger partial charge in [0, 0.05) is 32.2 Å². The number of aliphatic imine (C=N–C) groups is 1. The first kappa shape index (κ1) is 23.0. The van der Waals surface area contributed by atoms with Gasteiger partial charge in [0.1, 0.15) is 0 Å². The van der Waals surface area contributed by atoms with Crippen LogP contribution in [0.3, 0.4) is 0 Å². The maximum absolute atomic E-state index is 4.93. The third kappa shape index (κ3) is 7.24. The van der Waals surface area contributed by atoms with Crippen LogP contribution in [0.25, 0.3) is 0 Å². The van der Waals surface area contributed by atoms with E-state index in [9.17, 15) is 0 Å². The average Bonchev–Trinajstić information content (AvgIpc) is 2.97. The smallest absolute Gasteiger partial charge is 0.193 e. The molecule has 0 aromatic rings. The lowest BCUT2D eigenvalue weighted by Gasteiger charge is -2.33. The first-order valence-corrected chi connectivity index (χ1v) is 10.3. The Kier molecular flexibility index (Phi) is 10.7. The molecule has 1 saturated carbocycles. The summed E-state index contributed by atoms with van der Waals surface area (Å²) in [6, 6.07) is 0.641. The summed E-state index contributed by atoms with van der Waals surface area (Å²) in [6.45, 7) is 12.2. The Balaban J connectivity index is 0.00000312. The van der Waals surface area contributed by atoms with Crippen molar-refractivity contribution in [1.29, 1.82) is 0 Å². The molecule has 2 rings (SSSR count). The van der Waals surface area contributed by atoms with Crippen molar-refractivity contribution >= 4 is 29.9 Å². The Hall–Kier alpha value is -0.0400. The van der Waals surface area contributed by atoms with Crippen molar-refractivity contribution in [1.82, 2.24) is 15.1 Å². The SMILES string of the molecule is CCNC(=NCCCCN(C)C(C)C)N1CCC2(CCCCC2)C1.I. The lowest BCUT2D eigenvalue weighted by Crippen LogP contribution is -2.41. The Labute approximate surface area is 173 Å². The second-order valence-corrected chi connectivity index (χ2v) is 8.25. The molecule has 0 amide bonds. The number of likely N-dealkylation sites (tertiary alicyclic amines) is 1. The van der Waals surface area contributed by atoms with Crippen molar-refractivity contribution in [3.05, 3.63) is 0 Å². The fourth-order valence-corrected chi connectivity index (χ4v) is 4.17. The van der Waals surface area contributed by atoms with Gasteiger partial charge in [-0.15, -0.1) is 24.0 Å². The van der Waals surface area contributed by atoms with E-state index in [2.05, 4.69) is 42.9 Å². The van der Waals surface area contributed by atoms with Gasteiger partial charge in [-0.3, -0.25) is 4.99 Å². The summed E-state index contributed by atoms with van der Waals surface area (Å²) in [5.74, 6) is 1.16. The molecular formula is C20H41IN4. The van der Waals surface area contributed by atoms with E-state index in [4.69, 9.17) is 4.99 Å². The van der Waals surface area contributed by atoms with Gasteiger partial charge in [0.2, 0.25) is 0 Å². The van der Waals surface area contributed by atoms with Crippen LogP contribution in [0.5, 0.6) is 0 Å². The molecule has 4 nitrogen and oxygen atoms in total. The third-order valence-electron chi connectivity index (χ3n) is 6.05. The van der Waals surface area contributed by atoms with Crippen molar-refractivity contribution in [3.63, 3.8) is 0 Å². The van der Waals surface area contributed by atoms with Crippen LogP contribution in [-0.4, -0.2) is 61.6 Å². The number of hydrogen-bond donors (Lipinski definition) is 1. The molecule has 1 spiro atoms. The van der Waals surface area contributed by atoms with E-state index in [-0.39, 0.29) is 24.0 Å². The molecule has 0 radical (unpaired) electrons. The lowest BCUT2D eigenvalue weighted by atomic mass is 9.73. The van der Waals surface area contributed by atoms with E-state index in [1.54, 1.807) is 0 Å². The molecule has 0 bridgehead atoms. The van der Waals surface area contributed by atoms with Gasteiger partial charge in [0.05, 0.1) is 0 Å². The summed E-state index contributed by atoms with van der Waals surface area (Å²) in [5.41, 5.74) is 0.606. The lowest BCUT2D eigenvalue weighted by molar-refractivity contribution is 0.203. The van der Waals surface area contributed by atoms with Crippen LogP contribution in [0.2, 0.25) is 0 Å². The Morgan fingerprint density at radius 1 is 1.16 bits per heavy atom. The minimum Gasteiger partial charge on any atom is -0.357 e. The summed E-state index contributed by atoms with van der Waals surface area (Å²) in [5, 5.41) is 3.53. The van der Waals surface area contributed by atoms with Crippen LogP contribution in [0, 0.1) is 5.41 Å². The van der Waals surface area contributed by atoms with E-state index in [0.29, 0.717) is 11.5 Å². The van der Waals surface area contributed by atoms with Crippen LogP contribution in [0.1, 0.15) is 72.1 Å². The fourth-order valence-electron chi connectivity index (χ4n) is 4.17. The van der Waals surface area contributed by atoms with Crippen LogP contribution in [-0.2, 0) is 0 Å². The quantitative estimate of drug-likeness (QED) is 0.263. The molecule has 2 fully saturated rings. The number of nitrogens with zero attached hydrogens (tertiary/aromatic N) is 3. The van der Waals surface area contributed by atoms with E-state index < -0.39 is 0 Å². The molecule has 0 unspecified atom stereocenters. The second-order valence-electron chi connectivity index (χ2n) is 8.25. The summed E-state index contributed by atoms with van der Waals surface area (Å²) in [6.07, 6.45) is 11.0. The number of guanidine groups is 1. The van der Waals surface area contributed by atoms with Crippen molar-refractivity contribution in [3.8, 4) is 0 Å². The van der Waals surface area contributed by atoms with Gasteiger partial charge in [-0.25, -0.2) is 0 Å². The number of unbranched alkanes of at least 4 members (excludes halogenated alkanes) is 1. The van der Waals surface area contributed by atoms with Gasteiger partial charge in [0.15, 0.2) is 5.96 Å². The first-order chi connectivity index (χ1) is 11.6. The predicted molar refractivity (Wildman–Crippen MR) is 120 cm³/mol. The van der Waals surface area contributed by atoms with E-state index in [0.717, 1.165) is 19.0 Å². The van der Waals surface area contributed by atoms with Gasteiger partial charge in [0.25, 0.3) is 0 Å². The molecule has 148 valence electrons. The van der Waals surface area contributed by atoms with Gasteiger partial charge < -0.3 is 15.1 Å². The molecule has 1 heterocycles. The first-order valence-electron chi connectivity index (χ1n) is 10.3. The van der Waals surface area contributed by atoms with Crippen LogP contribution in [0.15, 0.2) is 4.99 Å². The topological polar surface area (TPSA) is 30.9 Å². The van der Waals surface area contributed by atoms with Crippen molar-refractivity contribution in [2.75, 3.05) is 39.8 Å². The second kappa shape index (κ2) is 11.6. The zero-order valence-corrected chi connectivity index (χ0v) is 19.3. The highest BCUT2D eigenvalue weighted by Crippen LogP contribution is 2.43. The molecule has 1 N–H and O–H groups in total. The fraction of sp³-hybridized carbons (Fsp3) is 0.950. The van der Waals surface area contributed by atoms with Gasteiger partial charge in [-0.2, -0.15) is 0 Å². The van der Waals surface area contributed by atoms with E-state index in [1.165, 1.54) is 71.0 Å². The third-order valence-corrected chi connectivity index (χ3v) is 6.05. The zero-order chi connectivity index (χ0) is 17.4. The van der Waals surface area contributed by atoms with Crippen molar-refractivity contribution < 1.29 is 0 Å². The molecule has 0 aromatic heterocycles. The number of rotatable bonds is 7. The molecular weight excluding hydrogens is 423 g/mol. The number of hydrogen-bond acceptors (Lipinski definition) is 2. The van der Waals surface area contributed by atoms with E-state index >= 15 is 0 Å². The number of halogens is 1. The highest BCUT2D eigenvalue weighted by Gasteiger charge is 2.39. The van der Waals surface area contributed by atoms with Gasteiger partial charge >= 0.3 is 0 Å². The van der Waals surface area contributed by atoms with Gasteiger partial charge in [-0.1, -0.05) is 19.3 Å². The molecule has 1 aliphatic heterocycles. The molecule has 0 aromatic carbocycles. The monoisotopic (exact) mass is 464 g/mol. The zero-order valence-electron chi connectivity index (χ0n) is 17.0. The Morgan fingerprint density at radius 3 is 2.52 bits per heavy atom. The molecule has 1 aliphatic carbocycles. The van der Waals surface area contributed by atoms with Crippen LogP contribution in [0.4, 0.5) is 0 Å². The van der Waals surface area contributed by atoms with Gasteiger partial charge in [-0.05, 0) is 71.9 Å². The maximum Gasteiger partial charge on any atom is 0.193 e. The highest BCUT2D eigenvalue weighted by atomic mass is 127. The summed E-state index contributed by atoms with van der Waals surface area (Å²) >= 11 is 0. The molecule has 25 heavy (non-hydrogen) atoms. The van der Waals surface area contributed by atoms with Crippen molar-refractivity contribution in [2.24, 2.45) is 10.4 Å². The van der Waals surface area contributed by atoms with Crippen LogP contribution < -0.4 is 5.32 Å². The molecule has 5 heteroatoms. The van der Waals surface area contributed by atoms with Crippen LogP contribution >= 0.6 is 24.0 Å². The van der Waals surface area contributed by atoms with E-state index in [1.807, 2.05) is 0 Å². The minimum absolute atomic E-state index is 0. The number of nitrogens with one attached hydrogen (secondary N) is 1. The normalized spacial score (nSPS) is 20.4. The average molecular weight is 464 g/mol. The largest absolute Gasteiger partial charge is 0.357 e. The predicted octanol–water partition coefficient (Wildman–Crippen LogP) is 4.35. The Morgan fingerprint density at radius 2 is 1.88 bits per heavy atom. The summed E-state index contributed by atoms with van der Waals surface area (Å²) in [4.78, 5) is 9.88. The minimum atomic E-state index is 0. The summed E-state index contributed by atoms with van der Waals surface area (Å²) < 4.78 is 0. The maximum atomic E-state index is 4.93. The Bertz CT molecular complexity index is 391. The highest BCUT2D eigenvalue weighted by molar-refractivity contribution is 14.0. The summed E-state index contributed by atoms with van der Waals surface area (Å²) in [7, 11) is 2.21. The standard InChI is InChI=1S/C20H40N4.HI/c1-5-21-19(22-14-9-10-15-23(4)18(2)3)24-16-13-20(17-24)11-7-6-8-12-20;/h18H,5-17H2,1-4H3,(H,21,22);1H.